The van der Waals surface area contributed by atoms with E-state index in [0.717, 1.165) is 0 Å². The van der Waals surface area contributed by atoms with Crippen LogP contribution in [0.5, 0.6) is 17.2 Å². The number of carbonyl (C=O) groups is 1. The normalized spacial score (nSPS) is 29.5. The fraction of sp³-hybridized carbons (Fsp3) is 0.286. The summed E-state index contributed by atoms with van der Waals surface area (Å²) in [5.41, 5.74) is 0.989. The molecule has 0 aromatic heterocycles. The fourth-order valence-electron chi connectivity index (χ4n) is 3.26. The van der Waals surface area contributed by atoms with Gasteiger partial charge in [0.15, 0.2) is 5.76 Å². The largest absolute Gasteiger partial charge is 0.508 e. The van der Waals surface area contributed by atoms with Gasteiger partial charge in [-0.25, -0.2) is 0 Å². The highest BCUT2D eigenvalue weighted by atomic mass is 16.7. The van der Waals surface area contributed by atoms with Gasteiger partial charge in [-0.1, -0.05) is 12.1 Å². The maximum Gasteiger partial charge on any atom is 0.231 e. The minimum Gasteiger partial charge on any atom is -0.508 e. The summed E-state index contributed by atoms with van der Waals surface area (Å²) < 4.78 is 16.5. The number of hydrogen-bond donors (Lipinski definition) is 5. The van der Waals surface area contributed by atoms with Crippen molar-refractivity contribution in [2.75, 3.05) is 6.61 Å². The third-order valence-corrected chi connectivity index (χ3v) is 4.93. The molecule has 2 aromatic carbocycles. The molecule has 9 nitrogen and oxygen atoms in total. The lowest BCUT2D eigenvalue weighted by Crippen LogP contribution is -2.60. The van der Waals surface area contributed by atoms with Gasteiger partial charge in [0.2, 0.25) is 12.1 Å². The van der Waals surface area contributed by atoms with Gasteiger partial charge in [0.25, 0.3) is 0 Å². The molecule has 1 fully saturated rings. The summed E-state index contributed by atoms with van der Waals surface area (Å²) in [4.78, 5) is 12.5. The monoisotopic (exact) mass is 416 g/mol. The number of Topliss-reactive ketones (excluding diaryl/α,β-unsaturated/α-hetero) is 1. The Labute approximate surface area is 171 Å². The highest BCUT2D eigenvalue weighted by Crippen LogP contribution is 2.36. The number of rotatable bonds is 4. The molecule has 2 aromatic rings. The Kier molecular flexibility index (Phi) is 5.46. The molecule has 0 bridgehead atoms. The molecule has 2 aliphatic heterocycles. The molecule has 30 heavy (non-hydrogen) atoms. The quantitative estimate of drug-likeness (QED) is 0.441. The first-order valence-corrected chi connectivity index (χ1v) is 9.22. The summed E-state index contributed by atoms with van der Waals surface area (Å²) in [6.45, 7) is -0.571. The number of ketones is 1. The number of benzene rings is 2. The van der Waals surface area contributed by atoms with Crippen molar-refractivity contribution >= 4 is 11.9 Å². The van der Waals surface area contributed by atoms with Gasteiger partial charge < -0.3 is 39.7 Å². The lowest BCUT2D eigenvalue weighted by molar-refractivity contribution is -0.277. The predicted octanol–water partition coefficient (Wildman–Crippen LogP) is 0.187. The molecule has 5 unspecified atom stereocenters. The molecule has 0 aliphatic carbocycles. The van der Waals surface area contributed by atoms with Gasteiger partial charge in [-0.3, -0.25) is 4.79 Å². The fourth-order valence-corrected chi connectivity index (χ4v) is 3.26. The van der Waals surface area contributed by atoms with Crippen molar-refractivity contribution in [2.45, 2.75) is 30.7 Å². The van der Waals surface area contributed by atoms with E-state index in [2.05, 4.69) is 0 Å². The van der Waals surface area contributed by atoms with Crippen molar-refractivity contribution in [2.24, 2.45) is 0 Å². The summed E-state index contributed by atoms with van der Waals surface area (Å²) >= 11 is 0. The van der Waals surface area contributed by atoms with Gasteiger partial charge in [-0.05, 0) is 35.9 Å². The summed E-state index contributed by atoms with van der Waals surface area (Å²) in [6.07, 6.45) is -5.50. The molecule has 9 heteroatoms. The second-order valence-electron chi connectivity index (χ2n) is 7.00. The molecule has 0 radical (unpaired) electrons. The molecule has 4 rings (SSSR count). The molecule has 2 heterocycles. The van der Waals surface area contributed by atoms with Crippen LogP contribution in [0.1, 0.15) is 15.9 Å². The van der Waals surface area contributed by atoms with Crippen LogP contribution < -0.4 is 9.47 Å². The smallest absolute Gasteiger partial charge is 0.231 e. The number of hydrogen-bond acceptors (Lipinski definition) is 9. The van der Waals surface area contributed by atoms with Gasteiger partial charge in [0.05, 0.1) is 12.2 Å². The Morgan fingerprint density at radius 2 is 1.73 bits per heavy atom. The topological polar surface area (TPSA) is 146 Å². The van der Waals surface area contributed by atoms with E-state index >= 15 is 0 Å². The van der Waals surface area contributed by atoms with Crippen molar-refractivity contribution in [3.63, 3.8) is 0 Å². The Morgan fingerprint density at radius 3 is 2.43 bits per heavy atom. The Bertz CT molecular complexity index is 967. The first-order valence-electron chi connectivity index (χ1n) is 9.22. The number of carbonyl (C=O) groups excluding carboxylic acids is 1. The van der Waals surface area contributed by atoms with Crippen molar-refractivity contribution < 1.29 is 44.5 Å². The number of phenols is 1. The van der Waals surface area contributed by atoms with Crippen LogP contribution >= 0.6 is 0 Å². The number of aliphatic hydroxyl groups excluding tert-OH is 4. The number of fused-ring (bicyclic) bond motifs is 1. The Morgan fingerprint density at radius 1 is 1.00 bits per heavy atom. The maximum atomic E-state index is 12.5. The number of aliphatic hydroxyl groups is 4. The van der Waals surface area contributed by atoms with Crippen molar-refractivity contribution in [1.82, 2.24) is 0 Å². The van der Waals surface area contributed by atoms with Gasteiger partial charge in [0, 0.05) is 6.07 Å². The van der Waals surface area contributed by atoms with Gasteiger partial charge in [0.1, 0.15) is 41.7 Å². The van der Waals surface area contributed by atoms with Crippen LogP contribution in [0.4, 0.5) is 0 Å². The molecular formula is C21H20O9. The SMILES string of the molecule is O=C1/C(=C/c2ccc(O)cc2)Oc2cc(OC3OC(CO)C(O)C(O)C3O)ccc21. The first-order chi connectivity index (χ1) is 14.4. The minimum absolute atomic E-state index is 0.0979. The molecule has 2 aliphatic rings. The van der Waals surface area contributed by atoms with Crippen molar-refractivity contribution in [1.29, 1.82) is 0 Å². The van der Waals surface area contributed by atoms with E-state index in [1.807, 2.05) is 0 Å². The third kappa shape index (κ3) is 3.76. The van der Waals surface area contributed by atoms with Gasteiger partial charge in [-0.15, -0.1) is 0 Å². The standard InChI is InChI=1S/C21H20O9/c22-9-16-18(25)19(26)20(27)21(30-16)28-12-5-6-13-14(8-12)29-15(17(13)24)7-10-1-3-11(23)4-2-10/h1-8,16,18-23,25-27H,9H2/b15-7-. The van der Waals surface area contributed by atoms with E-state index < -0.39 is 37.3 Å². The lowest BCUT2D eigenvalue weighted by atomic mass is 9.99. The van der Waals surface area contributed by atoms with Crippen LogP contribution in [0.15, 0.2) is 48.2 Å². The van der Waals surface area contributed by atoms with E-state index in [9.17, 15) is 30.3 Å². The highest BCUT2D eigenvalue weighted by Gasteiger charge is 2.44. The molecule has 0 saturated carbocycles. The van der Waals surface area contributed by atoms with Crippen LogP contribution in [-0.4, -0.2) is 68.6 Å². The molecule has 5 N–H and O–H groups in total. The summed E-state index contributed by atoms with van der Waals surface area (Å²) in [6, 6.07) is 10.7. The molecule has 0 amide bonds. The molecule has 0 spiro atoms. The molecule has 5 atom stereocenters. The van der Waals surface area contributed by atoms with Crippen molar-refractivity contribution in [3.05, 3.63) is 59.4 Å². The van der Waals surface area contributed by atoms with E-state index in [1.165, 1.54) is 30.3 Å². The summed E-state index contributed by atoms with van der Waals surface area (Å²) in [5.74, 6) is 0.316. The minimum atomic E-state index is -1.56. The average Bonchev–Trinajstić information content (AvgIpc) is 3.05. The first kappa shape index (κ1) is 20.3. The van der Waals surface area contributed by atoms with E-state index in [1.54, 1.807) is 18.2 Å². The van der Waals surface area contributed by atoms with Crippen LogP contribution in [0, 0.1) is 0 Å². The summed E-state index contributed by atoms with van der Waals surface area (Å²) in [7, 11) is 0. The van der Waals surface area contributed by atoms with Crippen LogP contribution in [0.25, 0.3) is 6.08 Å². The summed E-state index contributed by atoms with van der Waals surface area (Å²) in [5, 5.41) is 48.4. The molecular weight excluding hydrogens is 396 g/mol. The third-order valence-electron chi connectivity index (χ3n) is 4.93. The number of ether oxygens (including phenoxy) is 3. The van der Waals surface area contributed by atoms with Crippen LogP contribution in [0.2, 0.25) is 0 Å². The number of phenolic OH excluding ortho intramolecular Hbond substituents is 1. The highest BCUT2D eigenvalue weighted by molar-refractivity contribution is 6.14. The van der Waals surface area contributed by atoms with Gasteiger partial charge in [-0.2, -0.15) is 0 Å². The van der Waals surface area contributed by atoms with E-state index in [4.69, 9.17) is 14.2 Å². The lowest BCUT2D eigenvalue weighted by Gasteiger charge is -2.39. The molecule has 158 valence electrons. The molecule has 1 saturated heterocycles. The Balaban J connectivity index is 1.52. The second kappa shape index (κ2) is 8.05. The number of allylic oxidation sites excluding steroid dienone is 1. The zero-order valence-electron chi connectivity index (χ0n) is 15.6. The van der Waals surface area contributed by atoms with Crippen molar-refractivity contribution in [3.8, 4) is 17.2 Å². The van der Waals surface area contributed by atoms with Crippen LogP contribution in [0.3, 0.4) is 0 Å². The Hall–Kier alpha value is -2.95. The predicted molar refractivity (Wildman–Crippen MR) is 102 cm³/mol. The average molecular weight is 416 g/mol. The van der Waals surface area contributed by atoms with Gasteiger partial charge >= 0.3 is 0 Å². The van der Waals surface area contributed by atoms with E-state index in [0.29, 0.717) is 11.1 Å². The van der Waals surface area contributed by atoms with Crippen LogP contribution in [-0.2, 0) is 4.74 Å². The van der Waals surface area contributed by atoms with E-state index in [-0.39, 0.29) is 28.8 Å². The zero-order valence-corrected chi connectivity index (χ0v) is 15.6. The number of aromatic hydroxyl groups is 1. The second-order valence-corrected chi connectivity index (χ2v) is 7.00. The zero-order chi connectivity index (χ0) is 21.4. The maximum absolute atomic E-state index is 12.5.